The number of nitrogens with one attached hydrogen (secondary N) is 1. The Morgan fingerprint density at radius 1 is 0.923 bits per heavy atom. The minimum Gasteiger partial charge on any atom is -0.445 e. The van der Waals surface area contributed by atoms with Gasteiger partial charge in [-0.1, -0.05) is 54.6 Å². The molecule has 0 saturated heterocycles. The van der Waals surface area contributed by atoms with Crippen molar-refractivity contribution in [2.24, 2.45) is 0 Å². The van der Waals surface area contributed by atoms with Gasteiger partial charge in [-0.3, -0.25) is 4.79 Å². The molecule has 1 N–H and O–H groups in total. The number of ketones is 1. The molecule has 128 valence electrons. The Labute approximate surface area is 154 Å². The summed E-state index contributed by atoms with van der Waals surface area (Å²) >= 11 is 1.29. The maximum absolute atomic E-state index is 13.2. The number of para-hydroxylation sites is 1. The molecule has 4 rings (SSSR count). The summed E-state index contributed by atoms with van der Waals surface area (Å²) in [7, 11) is 0. The van der Waals surface area contributed by atoms with Gasteiger partial charge in [0.1, 0.15) is 4.88 Å². The lowest BCUT2D eigenvalue weighted by atomic mass is 9.99. The van der Waals surface area contributed by atoms with Crippen LogP contribution in [-0.4, -0.2) is 16.7 Å². The fourth-order valence-electron chi connectivity index (χ4n) is 2.88. The standard InChI is InChI=1S/C21H15NO3S/c23-19(16-13-22-17-10-5-4-9-15(16)17)20(14-7-2-1-3-8-14)25-21(24)18-11-6-12-26-18/h1-13,20,22H/t20-/m0/s1. The molecule has 0 spiro atoms. The second-order valence-electron chi connectivity index (χ2n) is 5.79. The van der Waals surface area contributed by atoms with Gasteiger partial charge in [0.05, 0.1) is 0 Å². The second kappa shape index (κ2) is 6.98. The normalized spacial score (nSPS) is 12.0. The number of esters is 1. The molecule has 4 nitrogen and oxygen atoms in total. The minimum atomic E-state index is -0.995. The van der Waals surface area contributed by atoms with E-state index in [1.54, 1.807) is 35.8 Å². The van der Waals surface area contributed by atoms with Crippen molar-refractivity contribution in [1.29, 1.82) is 0 Å². The number of carbonyl (C=O) groups is 2. The van der Waals surface area contributed by atoms with Crippen molar-refractivity contribution in [2.45, 2.75) is 6.10 Å². The third kappa shape index (κ3) is 3.05. The van der Waals surface area contributed by atoms with Gasteiger partial charge in [0.25, 0.3) is 0 Å². The van der Waals surface area contributed by atoms with Crippen LogP contribution in [0.4, 0.5) is 0 Å². The number of aromatic amines is 1. The SMILES string of the molecule is O=C(O[C@H](C(=O)c1c[nH]c2ccccc12)c1ccccc1)c1cccs1. The van der Waals surface area contributed by atoms with Crippen molar-refractivity contribution < 1.29 is 14.3 Å². The molecule has 26 heavy (non-hydrogen) atoms. The Bertz CT molecular complexity index is 1050. The van der Waals surface area contributed by atoms with E-state index in [0.29, 0.717) is 16.0 Å². The van der Waals surface area contributed by atoms with Gasteiger partial charge < -0.3 is 9.72 Å². The number of carbonyl (C=O) groups excluding carboxylic acids is 2. The molecule has 1 atom stereocenters. The van der Waals surface area contributed by atoms with Crippen molar-refractivity contribution >= 4 is 34.0 Å². The highest BCUT2D eigenvalue weighted by Gasteiger charge is 2.28. The summed E-state index contributed by atoms with van der Waals surface area (Å²) in [6.07, 6.45) is 0.673. The van der Waals surface area contributed by atoms with E-state index in [4.69, 9.17) is 4.74 Å². The lowest BCUT2D eigenvalue weighted by Gasteiger charge is -2.16. The molecule has 2 heterocycles. The van der Waals surface area contributed by atoms with E-state index in [1.165, 1.54) is 11.3 Å². The van der Waals surface area contributed by atoms with Crippen LogP contribution in [0.1, 0.15) is 31.7 Å². The first-order valence-electron chi connectivity index (χ1n) is 8.14. The number of rotatable bonds is 5. The summed E-state index contributed by atoms with van der Waals surface area (Å²) in [6, 6.07) is 20.1. The smallest absolute Gasteiger partial charge is 0.349 e. The highest BCUT2D eigenvalue weighted by Crippen LogP contribution is 2.28. The molecule has 0 bridgehead atoms. The number of fused-ring (bicyclic) bond motifs is 1. The van der Waals surface area contributed by atoms with Gasteiger partial charge >= 0.3 is 5.97 Å². The van der Waals surface area contributed by atoms with Crippen molar-refractivity contribution in [2.75, 3.05) is 0 Å². The third-order valence-electron chi connectivity index (χ3n) is 4.14. The lowest BCUT2D eigenvalue weighted by molar-refractivity contribution is 0.0285. The zero-order valence-corrected chi connectivity index (χ0v) is 14.5. The first-order chi connectivity index (χ1) is 12.7. The van der Waals surface area contributed by atoms with Crippen LogP contribution >= 0.6 is 11.3 Å². The number of hydrogen-bond acceptors (Lipinski definition) is 4. The first kappa shape index (κ1) is 16.3. The van der Waals surface area contributed by atoms with Gasteiger partial charge in [0, 0.05) is 28.2 Å². The van der Waals surface area contributed by atoms with Crippen molar-refractivity contribution in [3.8, 4) is 0 Å². The summed E-state index contributed by atoms with van der Waals surface area (Å²) in [4.78, 5) is 29.3. The number of aromatic nitrogens is 1. The van der Waals surface area contributed by atoms with Crippen LogP contribution in [-0.2, 0) is 4.74 Å². The lowest BCUT2D eigenvalue weighted by Crippen LogP contribution is -2.19. The van der Waals surface area contributed by atoms with Crippen LogP contribution in [0.25, 0.3) is 10.9 Å². The first-order valence-corrected chi connectivity index (χ1v) is 9.02. The minimum absolute atomic E-state index is 0.251. The van der Waals surface area contributed by atoms with E-state index in [-0.39, 0.29) is 5.78 Å². The fraction of sp³-hybridized carbons (Fsp3) is 0.0476. The molecule has 2 aromatic heterocycles. The molecule has 0 unspecified atom stereocenters. The summed E-state index contributed by atoms with van der Waals surface area (Å²) in [5.41, 5.74) is 2.02. The summed E-state index contributed by atoms with van der Waals surface area (Å²) in [6.45, 7) is 0. The molecule has 0 saturated carbocycles. The van der Waals surface area contributed by atoms with Gasteiger partial charge in [-0.25, -0.2) is 4.79 Å². The molecule has 2 aromatic carbocycles. The topological polar surface area (TPSA) is 59.2 Å². The Morgan fingerprint density at radius 3 is 2.46 bits per heavy atom. The number of ether oxygens (including phenoxy) is 1. The van der Waals surface area contributed by atoms with E-state index in [0.717, 1.165) is 10.9 Å². The van der Waals surface area contributed by atoms with Crippen LogP contribution < -0.4 is 0 Å². The van der Waals surface area contributed by atoms with Crippen LogP contribution in [0.5, 0.6) is 0 Å². The Kier molecular flexibility index (Phi) is 4.37. The maximum Gasteiger partial charge on any atom is 0.349 e. The number of thiophene rings is 1. The molecule has 0 amide bonds. The Hall–Kier alpha value is -3.18. The average Bonchev–Trinajstić information content (AvgIpc) is 3.36. The van der Waals surface area contributed by atoms with E-state index in [1.807, 2.05) is 42.5 Å². The van der Waals surface area contributed by atoms with E-state index in [9.17, 15) is 9.59 Å². The molecule has 0 aliphatic carbocycles. The van der Waals surface area contributed by atoms with E-state index in [2.05, 4.69) is 4.98 Å². The molecule has 4 aromatic rings. The predicted molar refractivity (Wildman–Crippen MR) is 102 cm³/mol. The molecule has 0 radical (unpaired) electrons. The average molecular weight is 361 g/mol. The molecule has 5 heteroatoms. The van der Waals surface area contributed by atoms with Crippen LogP contribution in [0.2, 0.25) is 0 Å². The van der Waals surface area contributed by atoms with E-state index < -0.39 is 12.1 Å². The number of H-pyrrole nitrogens is 1. The molecule has 0 aliphatic heterocycles. The summed E-state index contributed by atoms with van der Waals surface area (Å²) in [5.74, 6) is -0.749. The summed E-state index contributed by atoms with van der Waals surface area (Å²) in [5, 5.41) is 2.61. The maximum atomic E-state index is 13.2. The largest absolute Gasteiger partial charge is 0.445 e. The van der Waals surface area contributed by atoms with Crippen LogP contribution in [0.3, 0.4) is 0 Å². The van der Waals surface area contributed by atoms with E-state index >= 15 is 0 Å². The molecular formula is C21H15NO3S. The van der Waals surface area contributed by atoms with Gasteiger partial charge in [-0.2, -0.15) is 0 Å². The highest BCUT2D eigenvalue weighted by molar-refractivity contribution is 7.11. The Balaban J connectivity index is 1.73. The van der Waals surface area contributed by atoms with Crippen molar-refractivity contribution in [3.63, 3.8) is 0 Å². The van der Waals surface area contributed by atoms with Crippen molar-refractivity contribution in [1.82, 2.24) is 4.98 Å². The number of Topliss-reactive ketones (excluding diaryl/α,β-unsaturated/α-hetero) is 1. The third-order valence-corrected chi connectivity index (χ3v) is 4.99. The molecule has 0 aliphatic rings. The fourth-order valence-corrected chi connectivity index (χ4v) is 3.48. The zero-order chi connectivity index (χ0) is 17.9. The Morgan fingerprint density at radius 2 is 1.69 bits per heavy atom. The van der Waals surface area contributed by atoms with Gasteiger partial charge in [0.15, 0.2) is 6.10 Å². The van der Waals surface area contributed by atoms with Crippen LogP contribution in [0, 0.1) is 0 Å². The number of benzene rings is 2. The van der Waals surface area contributed by atoms with Gasteiger partial charge in [-0.15, -0.1) is 11.3 Å². The monoisotopic (exact) mass is 361 g/mol. The van der Waals surface area contributed by atoms with Crippen LogP contribution in [0.15, 0.2) is 78.3 Å². The highest BCUT2D eigenvalue weighted by atomic mass is 32.1. The second-order valence-corrected chi connectivity index (χ2v) is 6.73. The van der Waals surface area contributed by atoms with Gasteiger partial charge in [0.2, 0.25) is 5.78 Å². The van der Waals surface area contributed by atoms with Gasteiger partial charge in [-0.05, 0) is 17.5 Å². The molecular weight excluding hydrogens is 346 g/mol. The molecule has 0 fully saturated rings. The predicted octanol–water partition coefficient (Wildman–Crippen LogP) is 5.01. The quantitative estimate of drug-likeness (QED) is 0.401. The summed E-state index contributed by atoms with van der Waals surface area (Å²) < 4.78 is 5.62. The zero-order valence-electron chi connectivity index (χ0n) is 13.7. The number of hydrogen-bond donors (Lipinski definition) is 1. The van der Waals surface area contributed by atoms with Crippen molar-refractivity contribution in [3.05, 3.63) is 94.3 Å².